The average molecular weight is 375 g/mol. The number of nitrogens with zero attached hydrogens (tertiary/aromatic N) is 2. The van der Waals surface area contributed by atoms with Gasteiger partial charge in [-0.2, -0.15) is 0 Å². The highest BCUT2D eigenvalue weighted by molar-refractivity contribution is 7.13. The predicted molar refractivity (Wildman–Crippen MR) is 102 cm³/mol. The third-order valence-electron chi connectivity index (χ3n) is 5.25. The van der Waals surface area contributed by atoms with E-state index in [1.54, 1.807) is 23.9 Å². The summed E-state index contributed by atoms with van der Waals surface area (Å²) in [6.07, 6.45) is 7.85. The predicted octanol–water partition coefficient (Wildman–Crippen LogP) is 2.48. The highest BCUT2D eigenvalue weighted by atomic mass is 32.1. The first-order valence-electron chi connectivity index (χ1n) is 9.48. The number of amides is 1. The van der Waals surface area contributed by atoms with Crippen LogP contribution in [-0.2, 0) is 11.3 Å². The first-order valence-corrected chi connectivity index (χ1v) is 10.4. The van der Waals surface area contributed by atoms with E-state index < -0.39 is 0 Å². The maximum atomic E-state index is 12.2. The van der Waals surface area contributed by atoms with E-state index in [0.717, 1.165) is 61.8 Å². The van der Waals surface area contributed by atoms with Crippen molar-refractivity contribution < 1.29 is 9.21 Å². The number of hydrogen-bond acceptors (Lipinski definition) is 6. The van der Waals surface area contributed by atoms with Crippen LogP contribution in [0.4, 0.5) is 0 Å². The summed E-state index contributed by atoms with van der Waals surface area (Å²) in [4.78, 5) is 19.4. The topological polar surface area (TPSA) is 70.4 Å². The molecule has 140 valence electrons. The van der Waals surface area contributed by atoms with Crippen LogP contribution in [0.3, 0.4) is 0 Å². The van der Waals surface area contributed by atoms with Gasteiger partial charge in [0.05, 0.1) is 18.0 Å². The van der Waals surface area contributed by atoms with E-state index in [1.807, 2.05) is 6.07 Å². The van der Waals surface area contributed by atoms with Crippen LogP contribution in [0.1, 0.15) is 31.4 Å². The minimum Gasteiger partial charge on any atom is -0.472 e. The van der Waals surface area contributed by atoms with Gasteiger partial charge in [0.2, 0.25) is 5.91 Å². The monoisotopic (exact) mass is 374 g/mol. The smallest absolute Gasteiger partial charge is 0.237 e. The standard InChI is InChI=1S/C19H26N4O2S/c24-18(17-4-1-6-20-17)21-9-14-3-2-7-23(10-14)11-16-13-26-19(22-16)15-5-8-25-12-15/h5,8,12-14,17,20H,1-4,6-7,9-11H2,(H,21,24). The molecule has 2 N–H and O–H groups in total. The second kappa shape index (κ2) is 8.33. The summed E-state index contributed by atoms with van der Waals surface area (Å²) >= 11 is 1.66. The van der Waals surface area contributed by atoms with Crippen molar-refractivity contribution in [2.45, 2.75) is 38.3 Å². The van der Waals surface area contributed by atoms with Crippen molar-refractivity contribution in [3.8, 4) is 10.6 Å². The molecule has 2 aromatic rings. The average Bonchev–Trinajstić information content (AvgIpc) is 3.41. The molecular weight excluding hydrogens is 348 g/mol. The fraction of sp³-hybridized carbons (Fsp3) is 0.579. The number of thiazole rings is 1. The van der Waals surface area contributed by atoms with Crippen molar-refractivity contribution in [3.05, 3.63) is 29.7 Å². The minimum absolute atomic E-state index is 0.0195. The zero-order valence-corrected chi connectivity index (χ0v) is 15.8. The lowest BCUT2D eigenvalue weighted by atomic mass is 9.97. The van der Waals surface area contributed by atoms with Crippen LogP contribution in [0.2, 0.25) is 0 Å². The molecule has 2 aromatic heterocycles. The van der Waals surface area contributed by atoms with E-state index in [1.165, 1.54) is 12.8 Å². The molecule has 0 spiro atoms. The van der Waals surface area contributed by atoms with Gasteiger partial charge in [-0.05, 0) is 50.8 Å². The second-order valence-corrected chi connectivity index (χ2v) is 8.15. The molecule has 2 atom stereocenters. The number of hydrogen-bond donors (Lipinski definition) is 2. The third-order valence-corrected chi connectivity index (χ3v) is 6.19. The number of rotatable bonds is 6. The molecule has 26 heavy (non-hydrogen) atoms. The van der Waals surface area contributed by atoms with Crippen molar-refractivity contribution in [3.63, 3.8) is 0 Å². The van der Waals surface area contributed by atoms with Gasteiger partial charge < -0.3 is 15.1 Å². The number of carbonyl (C=O) groups excluding carboxylic acids is 1. The Morgan fingerprint density at radius 3 is 3.19 bits per heavy atom. The molecule has 4 rings (SSSR count). The van der Waals surface area contributed by atoms with Crippen molar-refractivity contribution in [2.24, 2.45) is 5.92 Å². The van der Waals surface area contributed by atoms with Crippen LogP contribution in [0.5, 0.6) is 0 Å². The molecule has 6 nitrogen and oxygen atoms in total. The summed E-state index contributed by atoms with van der Waals surface area (Å²) in [7, 11) is 0. The largest absolute Gasteiger partial charge is 0.472 e. The molecule has 1 amide bonds. The third kappa shape index (κ3) is 4.34. The van der Waals surface area contributed by atoms with Gasteiger partial charge in [-0.1, -0.05) is 0 Å². The van der Waals surface area contributed by atoms with Gasteiger partial charge in [-0.3, -0.25) is 9.69 Å². The van der Waals surface area contributed by atoms with E-state index in [2.05, 4.69) is 20.9 Å². The van der Waals surface area contributed by atoms with Gasteiger partial charge in [0.15, 0.2) is 0 Å². The number of likely N-dealkylation sites (tertiary alicyclic amines) is 1. The van der Waals surface area contributed by atoms with Crippen LogP contribution in [0.15, 0.2) is 28.4 Å². The molecule has 4 heterocycles. The molecular formula is C19H26N4O2S. The van der Waals surface area contributed by atoms with Gasteiger partial charge >= 0.3 is 0 Å². The van der Waals surface area contributed by atoms with Crippen LogP contribution in [0.25, 0.3) is 10.6 Å². The van der Waals surface area contributed by atoms with Crippen LogP contribution >= 0.6 is 11.3 Å². The number of piperidine rings is 1. The molecule has 0 bridgehead atoms. The molecule has 2 aliphatic rings. The van der Waals surface area contributed by atoms with E-state index >= 15 is 0 Å². The number of carbonyl (C=O) groups is 1. The summed E-state index contributed by atoms with van der Waals surface area (Å²) in [5.74, 6) is 0.699. The summed E-state index contributed by atoms with van der Waals surface area (Å²) < 4.78 is 5.14. The first kappa shape index (κ1) is 17.7. The molecule has 2 saturated heterocycles. The van der Waals surface area contributed by atoms with Crippen LogP contribution in [0, 0.1) is 5.92 Å². The Balaban J connectivity index is 1.26. The highest BCUT2D eigenvalue weighted by Gasteiger charge is 2.25. The number of nitrogens with one attached hydrogen (secondary N) is 2. The lowest BCUT2D eigenvalue weighted by Crippen LogP contribution is -2.45. The summed E-state index contributed by atoms with van der Waals surface area (Å²) in [5.41, 5.74) is 2.16. The minimum atomic E-state index is 0.0195. The van der Waals surface area contributed by atoms with Gasteiger partial charge in [-0.25, -0.2) is 4.98 Å². The summed E-state index contributed by atoms with van der Waals surface area (Å²) in [6, 6.07) is 1.97. The van der Waals surface area contributed by atoms with Gasteiger partial charge in [0, 0.05) is 30.6 Å². The fourth-order valence-corrected chi connectivity index (χ4v) is 4.66. The molecule has 0 radical (unpaired) electrons. The lowest BCUT2D eigenvalue weighted by molar-refractivity contribution is -0.123. The maximum absolute atomic E-state index is 12.2. The fourth-order valence-electron chi connectivity index (χ4n) is 3.87. The van der Waals surface area contributed by atoms with E-state index in [0.29, 0.717) is 5.92 Å². The van der Waals surface area contributed by atoms with Crippen LogP contribution in [-0.4, -0.2) is 48.0 Å². The Morgan fingerprint density at radius 2 is 2.38 bits per heavy atom. The molecule has 0 saturated carbocycles. The van der Waals surface area contributed by atoms with Crippen molar-refractivity contribution >= 4 is 17.2 Å². The summed E-state index contributed by atoms with van der Waals surface area (Å²) in [5, 5.41) is 9.56. The molecule has 2 fully saturated rings. The maximum Gasteiger partial charge on any atom is 0.237 e. The van der Waals surface area contributed by atoms with Gasteiger partial charge in [0.25, 0.3) is 0 Å². The molecule has 0 aromatic carbocycles. The van der Waals surface area contributed by atoms with Gasteiger partial charge in [-0.15, -0.1) is 11.3 Å². The Morgan fingerprint density at radius 1 is 1.42 bits per heavy atom. The molecule has 0 aliphatic carbocycles. The zero-order valence-electron chi connectivity index (χ0n) is 14.9. The number of aromatic nitrogens is 1. The quantitative estimate of drug-likeness (QED) is 0.813. The van der Waals surface area contributed by atoms with Gasteiger partial charge in [0.1, 0.15) is 11.3 Å². The Kier molecular flexibility index (Phi) is 5.67. The Labute approximate surface area is 158 Å². The molecule has 2 aliphatic heterocycles. The van der Waals surface area contributed by atoms with Crippen LogP contribution < -0.4 is 10.6 Å². The van der Waals surface area contributed by atoms with E-state index in [-0.39, 0.29) is 11.9 Å². The lowest BCUT2D eigenvalue weighted by Gasteiger charge is -2.32. The molecule has 2 unspecified atom stereocenters. The SMILES string of the molecule is O=C(NCC1CCCN(Cc2csc(-c3ccoc3)n2)C1)C1CCCN1. The van der Waals surface area contributed by atoms with E-state index in [4.69, 9.17) is 9.40 Å². The second-order valence-electron chi connectivity index (χ2n) is 7.29. The number of furan rings is 1. The highest BCUT2D eigenvalue weighted by Crippen LogP contribution is 2.25. The first-order chi connectivity index (χ1) is 12.8. The zero-order chi connectivity index (χ0) is 17.8. The Bertz CT molecular complexity index is 709. The molecule has 7 heteroatoms. The van der Waals surface area contributed by atoms with Crippen molar-refractivity contribution in [2.75, 3.05) is 26.2 Å². The Hall–Kier alpha value is -1.70. The normalized spacial score (nSPS) is 24.0. The van der Waals surface area contributed by atoms with Crippen molar-refractivity contribution in [1.82, 2.24) is 20.5 Å². The van der Waals surface area contributed by atoms with E-state index in [9.17, 15) is 4.79 Å². The van der Waals surface area contributed by atoms with Crippen molar-refractivity contribution in [1.29, 1.82) is 0 Å². The summed E-state index contributed by atoms with van der Waals surface area (Å²) in [6.45, 7) is 4.75.